The van der Waals surface area contributed by atoms with Crippen LogP contribution in [-0.2, 0) is 4.74 Å². The molecule has 0 aliphatic carbocycles. The first-order valence-electron chi connectivity index (χ1n) is 8.40. The standard InChI is InChI=1S/C19H20FN3O2/c1-25-14-3-2-8-23(11-14)18-7-5-15(19(20)22-18)17-10-12-9-13(24)4-6-16(12)21-17/h4-7,9-10,14,21,24H,2-3,8,11H2,1H3. The Balaban J connectivity index is 1.64. The van der Waals surface area contributed by atoms with Crippen molar-refractivity contribution in [1.29, 1.82) is 0 Å². The third-order valence-corrected chi connectivity index (χ3v) is 4.76. The Kier molecular flexibility index (Phi) is 4.05. The Bertz CT molecular complexity index is 909. The number of aromatic hydroxyl groups is 1. The first kappa shape index (κ1) is 15.9. The molecule has 1 saturated heterocycles. The minimum Gasteiger partial charge on any atom is -0.508 e. The molecule has 1 atom stereocenters. The van der Waals surface area contributed by atoms with Gasteiger partial charge in [-0.2, -0.15) is 4.39 Å². The van der Waals surface area contributed by atoms with Crippen molar-refractivity contribution < 1.29 is 14.2 Å². The van der Waals surface area contributed by atoms with E-state index in [0.717, 1.165) is 36.8 Å². The van der Waals surface area contributed by atoms with Gasteiger partial charge in [0.05, 0.1) is 17.4 Å². The number of nitrogens with zero attached hydrogens (tertiary/aromatic N) is 2. The van der Waals surface area contributed by atoms with Gasteiger partial charge in [0.1, 0.15) is 11.6 Å². The number of aromatic amines is 1. The number of phenolic OH excluding ortho intramolecular Hbond substituents is 1. The van der Waals surface area contributed by atoms with E-state index in [1.165, 1.54) is 0 Å². The summed E-state index contributed by atoms with van der Waals surface area (Å²) in [5, 5.41) is 10.4. The minimum absolute atomic E-state index is 0.166. The average molecular weight is 341 g/mol. The molecular weight excluding hydrogens is 321 g/mol. The van der Waals surface area contributed by atoms with E-state index < -0.39 is 5.95 Å². The van der Waals surface area contributed by atoms with Crippen LogP contribution in [0.3, 0.4) is 0 Å². The zero-order chi connectivity index (χ0) is 17.4. The number of hydrogen-bond acceptors (Lipinski definition) is 4. The van der Waals surface area contributed by atoms with Crippen LogP contribution in [0.4, 0.5) is 10.2 Å². The van der Waals surface area contributed by atoms with Crippen LogP contribution in [0.5, 0.6) is 5.75 Å². The highest BCUT2D eigenvalue weighted by atomic mass is 19.1. The Labute approximate surface area is 145 Å². The van der Waals surface area contributed by atoms with Crippen LogP contribution in [0.25, 0.3) is 22.2 Å². The van der Waals surface area contributed by atoms with E-state index in [2.05, 4.69) is 14.9 Å². The Hall–Kier alpha value is -2.60. The number of H-pyrrole nitrogens is 1. The number of pyridine rings is 1. The number of halogens is 1. The SMILES string of the molecule is COC1CCCN(c2ccc(-c3cc4cc(O)ccc4[nH]3)c(F)n2)C1. The first-order chi connectivity index (χ1) is 12.1. The smallest absolute Gasteiger partial charge is 0.224 e. The lowest BCUT2D eigenvalue weighted by molar-refractivity contribution is 0.0891. The van der Waals surface area contributed by atoms with Gasteiger partial charge in [0.15, 0.2) is 0 Å². The molecule has 1 aliphatic heterocycles. The molecule has 3 heterocycles. The quantitative estimate of drug-likeness (QED) is 0.713. The number of piperidine rings is 1. The van der Waals surface area contributed by atoms with E-state index in [1.54, 1.807) is 31.4 Å². The van der Waals surface area contributed by atoms with Gasteiger partial charge in [-0.1, -0.05) is 0 Å². The predicted octanol–water partition coefficient (Wildman–Crippen LogP) is 3.69. The fraction of sp³-hybridized carbons (Fsp3) is 0.316. The highest BCUT2D eigenvalue weighted by Gasteiger charge is 2.21. The van der Waals surface area contributed by atoms with Crippen molar-refractivity contribution in [3.8, 4) is 17.0 Å². The van der Waals surface area contributed by atoms with Crippen molar-refractivity contribution in [2.75, 3.05) is 25.1 Å². The van der Waals surface area contributed by atoms with Crippen LogP contribution in [-0.4, -0.2) is 41.4 Å². The van der Waals surface area contributed by atoms with Crippen molar-refractivity contribution in [2.24, 2.45) is 0 Å². The van der Waals surface area contributed by atoms with Crippen LogP contribution in [0.1, 0.15) is 12.8 Å². The molecule has 2 aromatic heterocycles. The fourth-order valence-corrected chi connectivity index (χ4v) is 3.41. The van der Waals surface area contributed by atoms with Gasteiger partial charge < -0.3 is 19.7 Å². The minimum atomic E-state index is -0.507. The average Bonchev–Trinajstić information content (AvgIpc) is 3.04. The van der Waals surface area contributed by atoms with E-state index in [9.17, 15) is 9.50 Å². The van der Waals surface area contributed by atoms with Gasteiger partial charge in [0.25, 0.3) is 0 Å². The highest BCUT2D eigenvalue weighted by molar-refractivity contribution is 5.87. The number of ether oxygens (including phenoxy) is 1. The molecular formula is C19H20FN3O2. The molecule has 1 aromatic carbocycles. The summed E-state index contributed by atoms with van der Waals surface area (Å²) in [6, 6.07) is 10.4. The zero-order valence-electron chi connectivity index (χ0n) is 14.0. The predicted molar refractivity (Wildman–Crippen MR) is 95.4 cm³/mol. The molecule has 0 saturated carbocycles. The number of methoxy groups -OCH3 is 1. The summed E-state index contributed by atoms with van der Waals surface area (Å²) in [4.78, 5) is 9.40. The molecule has 6 heteroatoms. The number of hydrogen-bond donors (Lipinski definition) is 2. The van der Waals surface area contributed by atoms with Crippen molar-refractivity contribution in [3.05, 3.63) is 42.3 Å². The molecule has 3 aromatic rings. The van der Waals surface area contributed by atoms with Gasteiger partial charge in [0, 0.05) is 31.1 Å². The maximum absolute atomic E-state index is 14.6. The number of nitrogens with one attached hydrogen (secondary N) is 1. The number of benzene rings is 1. The Morgan fingerprint density at radius 1 is 1.28 bits per heavy atom. The van der Waals surface area contributed by atoms with E-state index in [0.29, 0.717) is 17.1 Å². The number of rotatable bonds is 3. The molecule has 0 spiro atoms. The summed E-state index contributed by atoms with van der Waals surface area (Å²) >= 11 is 0. The first-order valence-corrected chi connectivity index (χ1v) is 8.40. The van der Waals surface area contributed by atoms with Gasteiger partial charge in [-0.15, -0.1) is 0 Å². The lowest BCUT2D eigenvalue weighted by Gasteiger charge is -2.32. The lowest BCUT2D eigenvalue weighted by atomic mass is 10.1. The molecule has 1 aliphatic rings. The molecule has 130 valence electrons. The van der Waals surface area contributed by atoms with Crippen LogP contribution in [0.15, 0.2) is 36.4 Å². The van der Waals surface area contributed by atoms with Crippen LogP contribution in [0.2, 0.25) is 0 Å². The maximum atomic E-state index is 14.6. The van der Waals surface area contributed by atoms with E-state index >= 15 is 0 Å². The fourth-order valence-electron chi connectivity index (χ4n) is 3.41. The lowest BCUT2D eigenvalue weighted by Crippen LogP contribution is -2.39. The number of fused-ring (bicyclic) bond motifs is 1. The van der Waals surface area contributed by atoms with Crippen molar-refractivity contribution in [2.45, 2.75) is 18.9 Å². The van der Waals surface area contributed by atoms with Crippen LogP contribution in [0, 0.1) is 5.95 Å². The second-order valence-corrected chi connectivity index (χ2v) is 6.41. The largest absolute Gasteiger partial charge is 0.508 e. The summed E-state index contributed by atoms with van der Waals surface area (Å²) in [6.45, 7) is 1.59. The number of phenols is 1. The molecule has 1 unspecified atom stereocenters. The molecule has 5 nitrogen and oxygen atoms in total. The van der Waals surface area contributed by atoms with Crippen molar-refractivity contribution >= 4 is 16.7 Å². The third kappa shape index (κ3) is 3.05. The van der Waals surface area contributed by atoms with E-state index in [4.69, 9.17) is 4.74 Å². The number of aromatic nitrogens is 2. The van der Waals surface area contributed by atoms with Crippen LogP contribution < -0.4 is 4.90 Å². The highest BCUT2D eigenvalue weighted by Crippen LogP contribution is 2.29. The molecule has 0 bridgehead atoms. The van der Waals surface area contributed by atoms with Gasteiger partial charge in [0.2, 0.25) is 5.95 Å². The number of anilines is 1. The molecule has 0 amide bonds. The second-order valence-electron chi connectivity index (χ2n) is 6.41. The molecule has 4 rings (SSSR count). The summed E-state index contributed by atoms with van der Waals surface area (Å²) < 4.78 is 20.1. The topological polar surface area (TPSA) is 61.4 Å². The van der Waals surface area contributed by atoms with E-state index in [1.807, 2.05) is 12.1 Å². The molecule has 2 N–H and O–H groups in total. The summed E-state index contributed by atoms with van der Waals surface area (Å²) in [5.41, 5.74) is 1.90. The van der Waals surface area contributed by atoms with E-state index in [-0.39, 0.29) is 11.9 Å². The van der Waals surface area contributed by atoms with Gasteiger partial charge in [-0.3, -0.25) is 0 Å². The third-order valence-electron chi connectivity index (χ3n) is 4.76. The molecule has 1 fully saturated rings. The van der Waals surface area contributed by atoms with Gasteiger partial charge in [-0.05, 0) is 49.2 Å². The summed E-state index contributed by atoms with van der Waals surface area (Å²) in [5.74, 6) is 0.314. The van der Waals surface area contributed by atoms with Crippen molar-refractivity contribution in [3.63, 3.8) is 0 Å². The zero-order valence-corrected chi connectivity index (χ0v) is 14.0. The van der Waals surface area contributed by atoms with Crippen LogP contribution >= 0.6 is 0 Å². The normalized spacial score (nSPS) is 18.0. The van der Waals surface area contributed by atoms with Gasteiger partial charge in [-0.25, -0.2) is 4.98 Å². The van der Waals surface area contributed by atoms with Crippen molar-refractivity contribution in [1.82, 2.24) is 9.97 Å². The van der Waals surface area contributed by atoms with Gasteiger partial charge >= 0.3 is 0 Å². The maximum Gasteiger partial charge on any atom is 0.224 e. The monoisotopic (exact) mass is 341 g/mol. The molecule has 25 heavy (non-hydrogen) atoms. The molecule has 0 radical (unpaired) electrons. The summed E-state index contributed by atoms with van der Waals surface area (Å²) in [7, 11) is 1.71. The summed E-state index contributed by atoms with van der Waals surface area (Å²) in [6.07, 6.45) is 2.20. The Morgan fingerprint density at radius 2 is 2.16 bits per heavy atom. The second kappa shape index (κ2) is 6.37. The Morgan fingerprint density at radius 3 is 2.96 bits per heavy atom.